The molecule has 0 atom stereocenters. The van der Waals surface area contributed by atoms with E-state index in [2.05, 4.69) is 10.0 Å². The Balaban J connectivity index is 2.52. The van der Waals surface area contributed by atoms with Gasteiger partial charge in [-0.05, 0) is 35.9 Å². The number of hydrogen-bond donors (Lipinski definition) is 1. The first-order valence-corrected chi connectivity index (χ1v) is 7.46. The summed E-state index contributed by atoms with van der Waals surface area (Å²) in [6.07, 6.45) is 1.16. The van der Waals surface area contributed by atoms with E-state index in [1.165, 1.54) is 24.3 Å². The van der Waals surface area contributed by atoms with Crippen molar-refractivity contribution in [2.45, 2.75) is 0 Å². The van der Waals surface area contributed by atoms with Gasteiger partial charge in [-0.3, -0.25) is 0 Å². The second-order valence-corrected chi connectivity index (χ2v) is 5.66. The number of hydrogen-bond acceptors (Lipinski definition) is 3. The maximum absolute atomic E-state index is 11.1. The van der Waals surface area contributed by atoms with Gasteiger partial charge >= 0.3 is 5.97 Å². The molecule has 0 aromatic heterocycles. The summed E-state index contributed by atoms with van der Waals surface area (Å²) in [5.41, 5.74) is 8.28. The number of ether oxygens (including phenoxy) is 1. The van der Waals surface area contributed by atoms with Crippen molar-refractivity contribution in [3.05, 3.63) is 73.2 Å². The number of halogens is 3. The fraction of sp³-hybridized carbons (Fsp3) is 0. The number of carboxylic acid groups (broad SMARTS) is 1. The molecule has 0 spiro atoms. The van der Waals surface area contributed by atoms with Crippen molar-refractivity contribution in [2.24, 2.45) is 5.11 Å². The number of nitrogens with zero attached hydrogens (tertiary/aromatic N) is 3. The van der Waals surface area contributed by atoms with Gasteiger partial charge in [0.25, 0.3) is 0 Å². The average Bonchev–Trinajstić information content (AvgIpc) is 2.52. The van der Waals surface area contributed by atoms with Crippen molar-refractivity contribution >= 4 is 46.8 Å². The quantitative estimate of drug-likeness (QED) is 0.289. The lowest BCUT2D eigenvalue weighted by atomic mass is 10.1. The van der Waals surface area contributed by atoms with Gasteiger partial charge in [0.2, 0.25) is 0 Å². The molecular formula is C15H8Cl3N3O3. The molecule has 0 aliphatic rings. The molecule has 9 heteroatoms. The highest BCUT2D eigenvalue weighted by atomic mass is 35.5. The monoisotopic (exact) mass is 383 g/mol. The minimum Gasteiger partial charge on any atom is -0.478 e. The summed E-state index contributed by atoms with van der Waals surface area (Å²) in [6, 6.07) is 9.19. The largest absolute Gasteiger partial charge is 0.478 e. The van der Waals surface area contributed by atoms with Gasteiger partial charge in [-0.1, -0.05) is 39.9 Å². The Hall–Kier alpha value is -2.37. The molecule has 122 valence electrons. The Morgan fingerprint density at radius 2 is 1.75 bits per heavy atom. The third-order valence-electron chi connectivity index (χ3n) is 2.75. The molecule has 0 saturated carbocycles. The zero-order valence-corrected chi connectivity index (χ0v) is 14.0. The molecule has 0 aliphatic heterocycles. The highest BCUT2D eigenvalue weighted by molar-refractivity contribution is 6.34. The second kappa shape index (κ2) is 7.95. The standard InChI is InChI=1S/C15H8Cl3N3O3/c16-9-2-1-8(5-12(15(22)23)20-21-19)13(6-9)24-14-7-10(17)3-4-11(14)18/h1-7H,(H,22,23)/b12-5+. The molecule has 0 saturated heterocycles. The summed E-state index contributed by atoms with van der Waals surface area (Å²) in [5.74, 6) is -0.894. The van der Waals surface area contributed by atoms with Gasteiger partial charge < -0.3 is 9.84 Å². The SMILES string of the molecule is [N-]=[N+]=N/C(=C/c1ccc(Cl)cc1Oc1cc(Cl)ccc1Cl)C(=O)O. The number of benzene rings is 2. The van der Waals surface area contributed by atoms with Crippen LogP contribution in [0.25, 0.3) is 16.5 Å². The highest BCUT2D eigenvalue weighted by Crippen LogP contribution is 2.35. The molecule has 2 rings (SSSR count). The lowest BCUT2D eigenvalue weighted by molar-refractivity contribution is -0.132. The van der Waals surface area contributed by atoms with E-state index in [9.17, 15) is 4.79 Å². The van der Waals surface area contributed by atoms with E-state index < -0.39 is 11.7 Å². The molecule has 0 unspecified atom stereocenters. The van der Waals surface area contributed by atoms with Crippen LogP contribution in [-0.4, -0.2) is 11.1 Å². The number of rotatable bonds is 5. The van der Waals surface area contributed by atoms with Gasteiger partial charge in [0.15, 0.2) is 0 Å². The zero-order chi connectivity index (χ0) is 17.7. The van der Waals surface area contributed by atoms with Gasteiger partial charge in [0.1, 0.15) is 17.2 Å². The molecule has 0 amide bonds. The Morgan fingerprint density at radius 3 is 2.38 bits per heavy atom. The summed E-state index contributed by atoms with van der Waals surface area (Å²) in [4.78, 5) is 13.6. The molecule has 0 radical (unpaired) electrons. The summed E-state index contributed by atoms with van der Waals surface area (Å²) in [6.45, 7) is 0. The first kappa shape index (κ1) is 18.0. The molecule has 0 aliphatic carbocycles. The van der Waals surface area contributed by atoms with Crippen LogP contribution >= 0.6 is 34.8 Å². The van der Waals surface area contributed by atoms with Crippen LogP contribution in [-0.2, 0) is 4.79 Å². The Morgan fingerprint density at radius 1 is 1.12 bits per heavy atom. The van der Waals surface area contributed by atoms with Crippen LogP contribution < -0.4 is 4.74 Å². The van der Waals surface area contributed by atoms with E-state index in [-0.39, 0.29) is 11.5 Å². The Kier molecular flexibility index (Phi) is 5.95. The Bertz CT molecular complexity index is 874. The maximum atomic E-state index is 11.1. The van der Waals surface area contributed by atoms with Gasteiger partial charge in [-0.25, -0.2) is 4.79 Å². The van der Waals surface area contributed by atoms with Crippen molar-refractivity contribution in [3.8, 4) is 11.5 Å². The molecule has 1 N–H and O–H groups in total. The van der Waals surface area contributed by atoms with Crippen LogP contribution in [0.5, 0.6) is 11.5 Å². The lowest BCUT2D eigenvalue weighted by Gasteiger charge is -2.11. The smallest absolute Gasteiger partial charge is 0.338 e. The molecule has 2 aromatic carbocycles. The van der Waals surface area contributed by atoms with Crippen molar-refractivity contribution in [1.29, 1.82) is 0 Å². The normalized spacial score (nSPS) is 10.9. The first-order valence-electron chi connectivity index (χ1n) is 6.33. The number of carboxylic acids is 1. The minimum atomic E-state index is -1.38. The highest BCUT2D eigenvalue weighted by Gasteiger charge is 2.11. The molecule has 24 heavy (non-hydrogen) atoms. The summed E-state index contributed by atoms with van der Waals surface area (Å²) in [5, 5.41) is 13.3. The minimum absolute atomic E-state index is 0.221. The third kappa shape index (κ3) is 4.57. The van der Waals surface area contributed by atoms with Gasteiger partial charge in [-0.15, -0.1) is 0 Å². The zero-order valence-electron chi connectivity index (χ0n) is 11.8. The molecule has 6 nitrogen and oxygen atoms in total. The third-order valence-corrected chi connectivity index (χ3v) is 3.54. The molecule has 0 bridgehead atoms. The van der Waals surface area contributed by atoms with Crippen LogP contribution in [0, 0.1) is 0 Å². The predicted molar refractivity (Wildman–Crippen MR) is 92.7 cm³/mol. The van der Waals surface area contributed by atoms with Gasteiger partial charge in [0.05, 0.1) is 5.02 Å². The molecular weight excluding hydrogens is 377 g/mol. The molecule has 0 heterocycles. The van der Waals surface area contributed by atoms with Crippen molar-refractivity contribution in [3.63, 3.8) is 0 Å². The van der Waals surface area contributed by atoms with E-state index in [4.69, 9.17) is 50.2 Å². The van der Waals surface area contributed by atoms with Crippen LogP contribution in [0.1, 0.15) is 5.56 Å². The Labute approximate surface area is 151 Å². The lowest BCUT2D eigenvalue weighted by Crippen LogP contribution is -1.97. The van der Waals surface area contributed by atoms with E-state index >= 15 is 0 Å². The van der Waals surface area contributed by atoms with Gasteiger partial charge in [-0.2, -0.15) is 0 Å². The van der Waals surface area contributed by atoms with Crippen molar-refractivity contribution < 1.29 is 14.6 Å². The summed E-state index contributed by atoms with van der Waals surface area (Å²) in [7, 11) is 0. The van der Waals surface area contributed by atoms with E-state index in [1.807, 2.05) is 0 Å². The van der Waals surface area contributed by atoms with Crippen LogP contribution in [0.15, 0.2) is 47.2 Å². The van der Waals surface area contributed by atoms with Crippen molar-refractivity contribution in [1.82, 2.24) is 0 Å². The number of carbonyl (C=O) groups is 1. The summed E-state index contributed by atoms with van der Waals surface area (Å²) < 4.78 is 5.69. The average molecular weight is 385 g/mol. The maximum Gasteiger partial charge on any atom is 0.338 e. The van der Waals surface area contributed by atoms with Gasteiger partial charge in [0, 0.05) is 32.7 Å². The number of azide groups is 1. The second-order valence-electron chi connectivity index (χ2n) is 4.38. The first-order chi connectivity index (χ1) is 11.4. The topological polar surface area (TPSA) is 95.3 Å². The van der Waals surface area contributed by atoms with E-state index in [0.29, 0.717) is 20.6 Å². The fourth-order valence-corrected chi connectivity index (χ4v) is 2.20. The molecule has 0 fully saturated rings. The number of aliphatic carboxylic acids is 1. The van der Waals surface area contributed by atoms with Crippen molar-refractivity contribution in [2.75, 3.05) is 0 Å². The summed E-state index contributed by atoms with van der Waals surface area (Å²) >= 11 is 17.9. The van der Waals surface area contributed by atoms with Crippen LogP contribution in [0.2, 0.25) is 15.1 Å². The van der Waals surface area contributed by atoms with Crippen LogP contribution in [0.3, 0.4) is 0 Å². The fourth-order valence-electron chi connectivity index (χ4n) is 1.72. The molecule has 2 aromatic rings. The predicted octanol–water partition coefficient (Wildman–Crippen LogP) is 6.17. The van der Waals surface area contributed by atoms with Crippen LogP contribution in [0.4, 0.5) is 0 Å². The van der Waals surface area contributed by atoms with E-state index in [1.54, 1.807) is 12.1 Å². The van der Waals surface area contributed by atoms with E-state index in [0.717, 1.165) is 6.08 Å².